The molecule has 0 bridgehead atoms. The molecule has 0 saturated carbocycles. The molecule has 2 rings (SSSR count). The van der Waals surface area contributed by atoms with Gasteiger partial charge in [0, 0.05) is 12.1 Å². The van der Waals surface area contributed by atoms with Crippen LogP contribution in [-0.2, 0) is 0 Å². The fourth-order valence-electron chi connectivity index (χ4n) is 2.50. The lowest BCUT2D eigenvalue weighted by Crippen LogP contribution is -2.33. The minimum atomic E-state index is -4.76. The minimum absolute atomic E-state index is 0. The summed E-state index contributed by atoms with van der Waals surface area (Å²) < 4.78 is 40.3. The summed E-state index contributed by atoms with van der Waals surface area (Å²) in [6.07, 6.45) is -1.63. The molecule has 1 saturated heterocycles. The van der Waals surface area contributed by atoms with Crippen LogP contribution in [0.15, 0.2) is 24.3 Å². The highest BCUT2D eigenvalue weighted by Gasteiger charge is 2.31. The van der Waals surface area contributed by atoms with Gasteiger partial charge in [0.15, 0.2) is 0 Å². The van der Waals surface area contributed by atoms with Crippen LogP contribution in [0.2, 0.25) is 0 Å². The van der Waals surface area contributed by atoms with Crippen LogP contribution in [0.5, 0.6) is 5.75 Å². The van der Waals surface area contributed by atoms with Gasteiger partial charge in [-0.1, -0.05) is 6.07 Å². The molecule has 130 valence electrons. The number of carbonyl (C=O) groups is 1. The molecule has 1 amide bonds. The summed E-state index contributed by atoms with van der Waals surface area (Å²) in [6, 6.07) is 5.07. The van der Waals surface area contributed by atoms with E-state index in [9.17, 15) is 18.0 Å². The SMILES string of the molecule is Cl.O=C(NCCC1CCCNC1)c1cccc(OC(F)(F)F)c1. The molecule has 0 aromatic heterocycles. The van der Waals surface area contributed by atoms with Crippen molar-refractivity contribution in [2.24, 2.45) is 5.92 Å². The van der Waals surface area contributed by atoms with Crippen molar-refractivity contribution in [2.75, 3.05) is 19.6 Å². The normalized spacial score (nSPS) is 18.0. The van der Waals surface area contributed by atoms with Gasteiger partial charge in [-0.2, -0.15) is 0 Å². The predicted molar refractivity (Wildman–Crippen MR) is 82.9 cm³/mol. The molecule has 1 fully saturated rings. The molecule has 1 aliphatic heterocycles. The van der Waals surface area contributed by atoms with E-state index >= 15 is 0 Å². The van der Waals surface area contributed by atoms with Crippen molar-refractivity contribution < 1.29 is 22.7 Å². The summed E-state index contributed by atoms with van der Waals surface area (Å²) in [5.74, 6) is -0.248. The van der Waals surface area contributed by atoms with Crippen LogP contribution < -0.4 is 15.4 Å². The lowest BCUT2D eigenvalue weighted by molar-refractivity contribution is -0.274. The zero-order valence-electron chi connectivity index (χ0n) is 12.5. The maximum absolute atomic E-state index is 12.2. The van der Waals surface area contributed by atoms with E-state index in [0.29, 0.717) is 12.5 Å². The number of hydrogen-bond acceptors (Lipinski definition) is 3. The van der Waals surface area contributed by atoms with E-state index in [1.165, 1.54) is 12.1 Å². The third kappa shape index (κ3) is 7.09. The summed E-state index contributed by atoms with van der Waals surface area (Å²) >= 11 is 0. The molecular formula is C15H20ClF3N2O2. The standard InChI is InChI=1S/C15H19F3N2O2.ClH/c16-15(17,18)22-13-5-1-4-12(9-13)14(21)20-8-6-11-3-2-7-19-10-11;/h1,4-5,9,11,19H,2-3,6-8,10H2,(H,20,21);1H. The van der Waals surface area contributed by atoms with E-state index in [4.69, 9.17) is 0 Å². The highest BCUT2D eigenvalue weighted by atomic mass is 35.5. The van der Waals surface area contributed by atoms with E-state index in [1.54, 1.807) is 0 Å². The van der Waals surface area contributed by atoms with Gasteiger partial charge in [0.05, 0.1) is 0 Å². The number of carbonyl (C=O) groups excluding carboxylic acids is 1. The second kappa shape index (κ2) is 8.98. The Morgan fingerprint density at radius 1 is 1.39 bits per heavy atom. The third-order valence-electron chi connectivity index (χ3n) is 3.57. The summed E-state index contributed by atoms with van der Waals surface area (Å²) in [7, 11) is 0. The second-order valence-corrected chi connectivity index (χ2v) is 5.33. The van der Waals surface area contributed by atoms with Gasteiger partial charge in [0.25, 0.3) is 5.91 Å². The molecule has 8 heteroatoms. The van der Waals surface area contributed by atoms with Gasteiger partial charge in [-0.3, -0.25) is 4.79 Å². The van der Waals surface area contributed by atoms with Crippen LogP contribution in [0.3, 0.4) is 0 Å². The number of alkyl halides is 3. The first-order valence-corrected chi connectivity index (χ1v) is 7.29. The number of rotatable bonds is 5. The average molecular weight is 353 g/mol. The van der Waals surface area contributed by atoms with Gasteiger partial charge in [0.2, 0.25) is 0 Å². The van der Waals surface area contributed by atoms with Crippen molar-refractivity contribution in [1.29, 1.82) is 0 Å². The third-order valence-corrected chi connectivity index (χ3v) is 3.57. The summed E-state index contributed by atoms with van der Waals surface area (Å²) in [6.45, 7) is 2.50. The lowest BCUT2D eigenvalue weighted by atomic mass is 9.96. The lowest BCUT2D eigenvalue weighted by Gasteiger charge is -2.22. The number of hydrogen-bond donors (Lipinski definition) is 2. The molecule has 0 radical (unpaired) electrons. The van der Waals surface area contributed by atoms with Crippen LogP contribution in [0.4, 0.5) is 13.2 Å². The highest BCUT2D eigenvalue weighted by molar-refractivity contribution is 5.94. The molecule has 1 aromatic carbocycles. The first kappa shape index (κ1) is 19.6. The number of halogens is 4. The molecule has 1 atom stereocenters. The van der Waals surface area contributed by atoms with Crippen LogP contribution >= 0.6 is 12.4 Å². The monoisotopic (exact) mass is 352 g/mol. The number of amides is 1. The zero-order chi connectivity index (χ0) is 16.0. The van der Waals surface area contributed by atoms with Gasteiger partial charge in [0.1, 0.15) is 5.75 Å². The van der Waals surface area contributed by atoms with E-state index < -0.39 is 18.0 Å². The quantitative estimate of drug-likeness (QED) is 0.856. The molecule has 23 heavy (non-hydrogen) atoms. The van der Waals surface area contributed by atoms with E-state index in [1.807, 2.05) is 0 Å². The Hall–Kier alpha value is -1.47. The summed E-state index contributed by atoms with van der Waals surface area (Å²) in [5, 5.41) is 6.03. The Morgan fingerprint density at radius 3 is 2.83 bits per heavy atom. The van der Waals surface area contributed by atoms with Gasteiger partial charge >= 0.3 is 6.36 Å². The molecule has 1 aliphatic rings. The van der Waals surface area contributed by atoms with E-state index in [0.717, 1.165) is 44.5 Å². The van der Waals surface area contributed by atoms with E-state index in [2.05, 4.69) is 15.4 Å². The van der Waals surface area contributed by atoms with E-state index in [-0.39, 0.29) is 18.0 Å². The Bertz CT molecular complexity index is 506. The average Bonchev–Trinajstić information content (AvgIpc) is 2.47. The first-order chi connectivity index (χ1) is 10.4. The van der Waals surface area contributed by atoms with Crippen LogP contribution in [0.1, 0.15) is 29.6 Å². The van der Waals surface area contributed by atoms with Crippen LogP contribution in [0, 0.1) is 5.92 Å². The molecule has 1 aromatic rings. The summed E-state index contributed by atoms with van der Waals surface area (Å²) in [5.41, 5.74) is 0.156. The van der Waals surface area contributed by atoms with Crippen molar-refractivity contribution in [1.82, 2.24) is 10.6 Å². The Kier molecular flexibility index (Phi) is 7.64. The van der Waals surface area contributed by atoms with Gasteiger partial charge < -0.3 is 15.4 Å². The Morgan fingerprint density at radius 2 is 2.17 bits per heavy atom. The maximum Gasteiger partial charge on any atom is 0.573 e. The molecular weight excluding hydrogens is 333 g/mol. The molecule has 0 aliphatic carbocycles. The number of benzene rings is 1. The fourth-order valence-corrected chi connectivity index (χ4v) is 2.50. The largest absolute Gasteiger partial charge is 0.573 e. The smallest absolute Gasteiger partial charge is 0.406 e. The number of piperidine rings is 1. The van der Waals surface area contributed by atoms with Gasteiger partial charge in [-0.25, -0.2) is 0 Å². The molecule has 0 spiro atoms. The van der Waals surface area contributed by atoms with Crippen molar-refractivity contribution >= 4 is 18.3 Å². The number of nitrogens with one attached hydrogen (secondary N) is 2. The van der Waals surface area contributed by atoms with Gasteiger partial charge in [-0.05, 0) is 56.5 Å². The number of ether oxygens (including phenoxy) is 1. The first-order valence-electron chi connectivity index (χ1n) is 7.29. The zero-order valence-corrected chi connectivity index (χ0v) is 13.3. The Labute approximate surface area is 139 Å². The van der Waals surface area contributed by atoms with Crippen molar-refractivity contribution in [2.45, 2.75) is 25.6 Å². The molecule has 1 heterocycles. The van der Waals surface area contributed by atoms with Crippen molar-refractivity contribution in [3.05, 3.63) is 29.8 Å². The topological polar surface area (TPSA) is 50.4 Å². The molecule has 1 unspecified atom stereocenters. The van der Waals surface area contributed by atoms with Crippen molar-refractivity contribution in [3.8, 4) is 5.75 Å². The minimum Gasteiger partial charge on any atom is -0.406 e. The van der Waals surface area contributed by atoms with Gasteiger partial charge in [-0.15, -0.1) is 25.6 Å². The highest BCUT2D eigenvalue weighted by Crippen LogP contribution is 2.23. The Balaban J connectivity index is 0.00000264. The molecule has 4 nitrogen and oxygen atoms in total. The molecule has 2 N–H and O–H groups in total. The van der Waals surface area contributed by atoms with Crippen molar-refractivity contribution in [3.63, 3.8) is 0 Å². The summed E-state index contributed by atoms with van der Waals surface area (Å²) in [4.78, 5) is 11.9. The maximum atomic E-state index is 12.2. The van der Waals surface area contributed by atoms with Crippen LogP contribution in [0.25, 0.3) is 0 Å². The fraction of sp³-hybridized carbons (Fsp3) is 0.533. The van der Waals surface area contributed by atoms with Crippen LogP contribution in [-0.4, -0.2) is 31.9 Å². The predicted octanol–water partition coefficient (Wildman–Crippen LogP) is 3.13. The second-order valence-electron chi connectivity index (χ2n) is 5.33.